The third kappa shape index (κ3) is 5.66. The molecule has 2 aromatic heterocycles. The Labute approximate surface area is 212 Å². The fourth-order valence-electron chi connectivity index (χ4n) is 4.33. The molecule has 0 atom stereocenters. The van der Waals surface area contributed by atoms with Crippen LogP contribution in [-0.4, -0.2) is 46.2 Å². The lowest BCUT2D eigenvalue weighted by atomic mass is 10.1. The van der Waals surface area contributed by atoms with Gasteiger partial charge >= 0.3 is 0 Å². The first-order valence-electron chi connectivity index (χ1n) is 12.7. The third-order valence-electron chi connectivity index (χ3n) is 6.41. The summed E-state index contributed by atoms with van der Waals surface area (Å²) in [5.41, 5.74) is 2.36. The van der Waals surface area contributed by atoms with Gasteiger partial charge in [0.15, 0.2) is 11.5 Å². The molecule has 2 fully saturated rings. The van der Waals surface area contributed by atoms with Gasteiger partial charge in [0.05, 0.1) is 5.52 Å². The van der Waals surface area contributed by atoms with Crippen LogP contribution in [0, 0.1) is 0 Å². The Morgan fingerprint density at radius 3 is 2.58 bits per heavy atom. The number of ether oxygens (including phenoxy) is 1. The molecule has 0 bridgehead atoms. The predicted molar refractivity (Wildman–Crippen MR) is 142 cm³/mol. The number of ketones is 1. The van der Waals surface area contributed by atoms with E-state index in [1.165, 1.54) is 11.5 Å². The highest BCUT2D eigenvalue weighted by Gasteiger charge is 2.29. The zero-order chi connectivity index (χ0) is 25.8. The molecule has 1 aromatic carbocycles. The Morgan fingerprint density at radius 1 is 1.19 bits per heavy atom. The normalized spacial score (nSPS) is 15.9. The van der Waals surface area contributed by atoms with Crippen LogP contribution < -0.4 is 20.5 Å². The number of nitrogens with zero attached hydrogens (tertiary/aromatic N) is 4. The Kier molecular flexibility index (Phi) is 7.86. The second-order valence-corrected chi connectivity index (χ2v) is 9.17. The van der Waals surface area contributed by atoms with E-state index in [4.69, 9.17) is 9.72 Å². The maximum Gasteiger partial charge on any atom is 0.293 e. The number of nitrogens with one attached hydrogen (secondary N) is 1. The van der Waals surface area contributed by atoms with Gasteiger partial charge in [0.25, 0.3) is 5.56 Å². The molecule has 3 heterocycles. The monoisotopic (exact) mass is 497 g/mol. The number of alkyl halides is 1. The average molecular weight is 498 g/mol. The highest BCUT2D eigenvalue weighted by Crippen LogP contribution is 2.43. The molecule has 194 valence electrons. The summed E-state index contributed by atoms with van der Waals surface area (Å²) in [5.74, 6) is 1.80. The van der Waals surface area contributed by atoms with Crippen molar-refractivity contribution in [1.29, 1.82) is 0 Å². The van der Waals surface area contributed by atoms with Crippen molar-refractivity contribution < 1.29 is 15.3 Å². The number of piperidine rings is 1. The zero-order valence-electron chi connectivity index (χ0n) is 21.4. The molecule has 8 nitrogen and oxygen atoms in total. The van der Waals surface area contributed by atoms with Gasteiger partial charge in [-0.2, -0.15) is 4.98 Å². The quantitative estimate of drug-likeness (QED) is 0.484. The lowest BCUT2D eigenvalue weighted by molar-refractivity contribution is -0.118. The molecular weight excluding hydrogens is 461 g/mol. The molecule has 0 unspecified atom stereocenters. The molecule has 0 spiro atoms. The molecular formula is C27H36FN5O3. The maximum absolute atomic E-state index is 13.6. The average Bonchev–Trinajstić information content (AvgIpc) is 3.72. The van der Waals surface area contributed by atoms with E-state index in [0.29, 0.717) is 37.8 Å². The molecule has 1 N–H and O–H groups in total. The number of rotatable bonds is 7. The smallest absolute Gasteiger partial charge is 0.293 e. The summed E-state index contributed by atoms with van der Waals surface area (Å²) >= 11 is 0. The van der Waals surface area contributed by atoms with Crippen molar-refractivity contribution in [1.82, 2.24) is 14.5 Å². The summed E-state index contributed by atoms with van der Waals surface area (Å²) in [6, 6.07) is 7.38. The van der Waals surface area contributed by atoms with E-state index in [1.54, 1.807) is 13.1 Å². The molecule has 1 aliphatic carbocycles. The second-order valence-electron chi connectivity index (χ2n) is 9.17. The zero-order valence-corrected chi connectivity index (χ0v) is 21.4. The topological polar surface area (TPSA) is 89.3 Å². The summed E-state index contributed by atoms with van der Waals surface area (Å²) in [4.78, 5) is 35.3. The van der Waals surface area contributed by atoms with Gasteiger partial charge < -0.3 is 19.5 Å². The molecule has 0 radical (unpaired) electrons. The van der Waals surface area contributed by atoms with Gasteiger partial charge in [-0.3, -0.25) is 9.59 Å². The Balaban J connectivity index is 0.00000124. The van der Waals surface area contributed by atoms with E-state index in [-0.39, 0.29) is 25.1 Å². The van der Waals surface area contributed by atoms with Crippen molar-refractivity contribution in [3.63, 3.8) is 0 Å². The van der Waals surface area contributed by atoms with Gasteiger partial charge in [0, 0.05) is 44.4 Å². The van der Waals surface area contributed by atoms with E-state index in [0.717, 1.165) is 40.8 Å². The number of anilines is 3. The van der Waals surface area contributed by atoms with Crippen molar-refractivity contribution in [3.8, 4) is 5.75 Å². The maximum atomic E-state index is 13.6. The van der Waals surface area contributed by atoms with Crippen molar-refractivity contribution >= 4 is 34.1 Å². The number of carbonyl (C=O) groups excluding carboxylic acids is 1. The number of Topliss-reactive ketones (excluding diaryl/α,β-unsaturated/α-hetero) is 1. The largest absolute Gasteiger partial charge is 0.480 e. The first kappa shape index (κ1) is 25.6. The highest BCUT2D eigenvalue weighted by molar-refractivity contribution is 5.85. The molecule has 9 heteroatoms. The molecule has 0 amide bonds. The first-order valence-corrected chi connectivity index (χ1v) is 12.7. The molecule has 5 rings (SSSR count). The number of halogens is 1. The molecule has 36 heavy (non-hydrogen) atoms. The van der Waals surface area contributed by atoms with E-state index >= 15 is 0 Å². The van der Waals surface area contributed by atoms with Gasteiger partial charge in [0.1, 0.15) is 18.6 Å². The van der Waals surface area contributed by atoms with Gasteiger partial charge in [-0.05, 0) is 62.8 Å². The molecule has 1 saturated carbocycles. The number of aryl methyl sites for hydroxylation is 1. The van der Waals surface area contributed by atoms with Crippen molar-refractivity contribution in [2.24, 2.45) is 7.05 Å². The molecule has 2 aliphatic rings. The number of fused-ring (bicyclic) bond motifs is 1. The van der Waals surface area contributed by atoms with Gasteiger partial charge in [-0.1, -0.05) is 13.8 Å². The number of benzene rings is 1. The number of hydrogen-bond donors (Lipinski definition) is 1. The minimum atomic E-state index is -0.752. The lowest BCUT2D eigenvalue weighted by Crippen LogP contribution is -2.35. The number of hydrogen-bond acceptors (Lipinski definition) is 7. The summed E-state index contributed by atoms with van der Waals surface area (Å²) < 4.78 is 20.5. The fourth-order valence-corrected chi connectivity index (χ4v) is 4.33. The first-order chi connectivity index (χ1) is 17.4. The highest BCUT2D eigenvalue weighted by atomic mass is 19.1. The van der Waals surface area contributed by atoms with E-state index in [9.17, 15) is 14.0 Å². The summed E-state index contributed by atoms with van der Waals surface area (Å²) in [5, 5.41) is 4.25. The minimum absolute atomic E-state index is 0. The van der Waals surface area contributed by atoms with Gasteiger partial charge in [-0.25, -0.2) is 9.37 Å². The number of pyridine rings is 1. The van der Waals surface area contributed by atoms with Crippen LogP contribution in [0.3, 0.4) is 0 Å². The van der Waals surface area contributed by atoms with E-state index in [2.05, 4.69) is 10.3 Å². The fraction of sp³-hybridized carbons (Fsp3) is 0.481. The van der Waals surface area contributed by atoms with Crippen LogP contribution in [0.4, 0.5) is 21.8 Å². The van der Waals surface area contributed by atoms with Crippen molar-refractivity contribution in [2.75, 3.05) is 29.9 Å². The van der Waals surface area contributed by atoms with Crippen LogP contribution in [0.25, 0.3) is 10.9 Å². The van der Waals surface area contributed by atoms with Crippen LogP contribution in [0.2, 0.25) is 0 Å². The molecule has 1 aliphatic heterocycles. The molecule has 1 saturated heterocycles. The van der Waals surface area contributed by atoms with Crippen LogP contribution in [-0.2, 0) is 11.8 Å². The van der Waals surface area contributed by atoms with E-state index < -0.39 is 6.17 Å². The Bertz CT molecular complexity index is 1300. The summed E-state index contributed by atoms with van der Waals surface area (Å²) in [7, 11) is 1.68. The summed E-state index contributed by atoms with van der Waals surface area (Å²) in [6.45, 7) is 6.49. The van der Waals surface area contributed by atoms with E-state index in [1.807, 2.05) is 43.1 Å². The van der Waals surface area contributed by atoms with Crippen molar-refractivity contribution in [3.05, 3.63) is 46.4 Å². The van der Waals surface area contributed by atoms with Gasteiger partial charge in [0.2, 0.25) is 5.95 Å². The Hall–Kier alpha value is -3.49. The SMILES string of the molecule is CC.CC(=O)COc1cc2cc(Nc3nc(N4CCC(F)CC4)ncc3C3CC3)ccc2n(C)c1=O.[HH]. The van der Waals surface area contributed by atoms with Crippen LogP contribution in [0.15, 0.2) is 35.3 Å². The number of aromatic nitrogens is 3. The van der Waals surface area contributed by atoms with Crippen LogP contribution in [0.5, 0.6) is 5.75 Å². The lowest BCUT2D eigenvalue weighted by Gasteiger charge is -2.29. The summed E-state index contributed by atoms with van der Waals surface area (Å²) in [6.07, 6.45) is 4.35. The standard InChI is InChI=1S/C25H28FN5O3.C2H6.H2/c1-15(32)14-34-22-12-17-11-19(5-6-21(17)30(2)24(22)33)28-23-20(16-3-4-16)13-27-25(29-23)31-9-7-18(26)8-10-31;1-2;/h5-6,11-13,16,18H,3-4,7-10,14H2,1-2H3,(H,27,28,29);1-2H3;1H. The Morgan fingerprint density at radius 2 is 1.92 bits per heavy atom. The van der Waals surface area contributed by atoms with Crippen molar-refractivity contribution in [2.45, 2.75) is 58.5 Å². The minimum Gasteiger partial charge on any atom is -0.480 e. The van der Waals surface area contributed by atoms with Gasteiger partial charge in [-0.15, -0.1) is 0 Å². The number of carbonyl (C=O) groups is 1. The third-order valence-corrected chi connectivity index (χ3v) is 6.41. The second kappa shape index (κ2) is 11.1. The predicted octanol–water partition coefficient (Wildman–Crippen LogP) is 5.13. The van der Waals surface area contributed by atoms with Crippen LogP contribution in [0.1, 0.15) is 59.4 Å². The molecule has 3 aromatic rings. The van der Waals surface area contributed by atoms with Crippen LogP contribution >= 0.6 is 0 Å².